The van der Waals surface area contributed by atoms with Crippen LogP contribution in [0, 0.1) is 0 Å². The van der Waals surface area contributed by atoms with E-state index in [4.69, 9.17) is 21.1 Å². The number of benzene rings is 2. The molecular weight excluding hydrogens is 334 g/mol. The van der Waals surface area contributed by atoms with E-state index in [0.29, 0.717) is 27.8 Å². The third-order valence-electron chi connectivity index (χ3n) is 3.25. The minimum absolute atomic E-state index is 0.219. The largest absolute Gasteiger partial charge is 0.495 e. The van der Waals surface area contributed by atoms with E-state index in [1.54, 1.807) is 36.0 Å². The van der Waals surface area contributed by atoms with Crippen LogP contribution in [0.2, 0.25) is 5.02 Å². The number of hydrogen-bond acceptors (Lipinski definition) is 4. The van der Waals surface area contributed by atoms with E-state index in [1.807, 2.05) is 18.4 Å². The predicted octanol–water partition coefficient (Wildman–Crippen LogP) is 4.47. The normalized spacial score (nSPS) is 10.3. The molecule has 4 nitrogen and oxygen atoms in total. The lowest BCUT2D eigenvalue weighted by Crippen LogP contribution is -2.12. The van der Waals surface area contributed by atoms with Crippen molar-refractivity contribution >= 4 is 35.0 Å². The summed E-state index contributed by atoms with van der Waals surface area (Å²) in [6, 6.07) is 10.8. The summed E-state index contributed by atoms with van der Waals surface area (Å²) in [6.45, 7) is 0. The number of hydrogen-bond donors (Lipinski definition) is 1. The van der Waals surface area contributed by atoms with Gasteiger partial charge in [0, 0.05) is 23.4 Å². The molecule has 0 bridgehead atoms. The number of anilines is 1. The maximum absolute atomic E-state index is 12.4. The van der Waals surface area contributed by atoms with Crippen molar-refractivity contribution in [2.24, 2.45) is 0 Å². The van der Waals surface area contributed by atoms with E-state index >= 15 is 0 Å². The second-order valence-electron chi connectivity index (χ2n) is 4.77. The van der Waals surface area contributed by atoms with Crippen molar-refractivity contribution in [2.45, 2.75) is 5.75 Å². The maximum Gasteiger partial charge on any atom is 0.255 e. The van der Waals surface area contributed by atoms with E-state index in [9.17, 15) is 4.79 Å². The smallest absolute Gasteiger partial charge is 0.255 e. The van der Waals surface area contributed by atoms with Crippen LogP contribution in [0.5, 0.6) is 11.5 Å². The van der Waals surface area contributed by atoms with Crippen molar-refractivity contribution < 1.29 is 14.3 Å². The van der Waals surface area contributed by atoms with Crippen molar-refractivity contribution in [3.05, 3.63) is 52.5 Å². The van der Waals surface area contributed by atoms with Gasteiger partial charge in [0.05, 0.1) is 24.9 Å². The number of ether oxygens (including phenoxy) is 2. The molecule has 0 aliphatic rings. The maximum atomic E-state index is 12.4. The SMILES string of the molecule is COc1cc(NC(=O)c2ccc(CSC)cc2)c(OC)cc1Cl. The first-order valence-electron chi connectivity index (χ1n) is 6.89. The van der Waals surface area contributed by atoms with Gasteiger partial charge in [0.15, 0.2) is 0 Å². The number of carbonyl (C=O) groups excluding carboxylic acids is 1. The van der Waals surface area contributed by atoms with Gasteiger partial charge >= 0.3 is 0 Å². The quantitative estimate of drug-likeness (QED) is 0.834. The van der Waals surface area contributed by atoms with Crippen molar-refractivity contribution in [1.29, 1.82) is 0 Å². The molecule has 0 spiro atoms. The van der Waals surface area contributed by atoms with E-state index in [-0.39, 0.29) is 5.91 Å². The summed E-state index contributed by atoms with van der Waals surface area (Å²) in [7, 11) is 3.04. The summed E-state index contributed by atoms with van der Waals surface area (Å²) in [4.78, 5) is 12.4. The fourth-order valence-electron chi connectivity index (χ4n) is 2.07. The van der Waals surface area contributed by atoms with E-state index in [2.05, 4.69) is 5.32 Å². The minimum Gasteiger partial charge on any atom is -0.495 e. The zero-order valence-corrected chi connectivity index (χ0v) is 14.8. The van der Waals surface area contributed by atoms with Gasteiger partial charge in [-0.05, 0) is 24.0 Å². The summed E-state index contributed by atoms with van der Waals surface area (Å²) >= 11 is 7.80. The van der Waals surface area contributed by atoms with Crippen LogP contribution in [0.25, 0.3) is 0 Å². The number of amides is 1. The lowest BCUT2D eigenvalue weighted by molar-refractivity contribution is 0.102. The predicted molar refractivity (Wildman–Crippen MR) is 96.2 cm³/mol. The number of methoxy groups -OCH3 is 2. The fourth-order valence-corrected chi connectivity index (χ4v) is 2.83. The third-order valence-corrected chi connectivity index (χ3v) is 4.17. The lowest BCUT2D eigenvalue weighted by Gasteiger charge is -2.13. The molecule has 0 saturated carbocycles. The van der Waals surface area contributed by atoms with Crippen LogP contribution >= 0.6 is 23.4 Å². The number of halogens is 1. The van der Waals surface area contributed by atoms with Gasteiger partial charge in [0.25, 0.3) is 5.91 Å². The molecule has 0 aliphatic heterocycles. The molecule has 1 amide bonds. The summed E-state index contributed by atoms with van der Waals surface area (Å²) < 4.78 is 10.4. The van der Waals surface area contributed by atoms with Crippen LogP contribution < -0.4 is 14.8 Å². The molecule has 122 valence electrons. The Labute approximate surface area is 145 Å². The van der Waals surface area contributed by atoms with Crippen molar-refractivity contribution in [2.75, 3.05) is 25.8 Å². The zero-order valence-electron chi connectivity index (χ0n) is 13.2. The van der Waals surface area contributed by atoms with Gasteiger partial charge in [0.2, 0.25) is 0 Å². The highest BCUT2D eigenvalue weighted by atomic mass is 35.5. The van der Waals surface area contributed by atoms with Crippen LogP contribution in [-0.4, -0.2) is 26.4 Å². The average Bonchev–Trinajstić information content (AvgIpc) is 2.56. The van der Waals surface area contributed by atoms with E-state index < -0.39 is 0 Å². The second-order valence-corrected chi connectivity index (χ2v) is 6.04. The Balaban J connectivity index is 2.22. The van der Waals surface area contributed by atoms with Crippen molar-refractivity contribution in [3.63, 3.8) is 0 Å². The molecule has 2 rings (SSSR count). The van der Waals surface area contributed by atoms with Gasteiger partial charge < -0.3 is 14.8 Å². The molecule has 0 aliphatic carbocycles. The molecule has 0 unspecified atom stereocenters. The summed E-state index contributed by atoms with van der Waals surface area (Å²) in [5.74, 6) is 1.65. The number of thioether (sulfide) groups is 1. The molecule has 0 atom stereocenters. The molecular formula is C17H18ClNO3S. The fraction of sp³-hybridized carbons (Fsp3) is 0.235. The summed E-state index contributed by atoms with van der Waals surface area (Å²) in [6.07, 6.45) is 2.04. The minimum atomic E-state index is -0.219. The second kappa shape index (κ2) is 8.13. The molecule has 6 heteroatoms. The number of rotatable bonds is 6. The van der Waals surface area contributed by atoms with Gasteiger partial charge in [-0.1, -0.05) is 23.7 Å². The molecule has 23 heavy (non-hydrogen) atoms. The van der Waals surface area contributed by atoms with Crippen LogP contribution in [0.4, 0.5) is 5.69 Å². The first-order chi connectivity index (χ1) is 11.1. The highest BCUT2D eigenvalue weighted by Crippen LogP contribution is 2.36. The molecule has 1 N–H and O–H groups in total. The van der Waals surface area contributed by atoms with Crippen LogP contribution in [0.1, 0.15) is 15.9 Å². The number of carbonyl (C=O) groups is 1. The van der Waals surface area contributed by atoms with Gasteiger partial charge in [-0.15, -0.1) is 0 Å². The van der Waals surface area contributed by atoms with Crippen LogP contribution in [-0.2, 0) is 5.75 Å². The van der Waals surface area contributed by atoms with Crippen LogP contribution in [0.15, 0.2) is 36.4 Å². The molecule has 0 aromatic heterocycles. The Morgan fingerprint density at radius 1 is 1.13 bits per heavy atom. The van der Waals surface area contributed by atoms with Gasteiger partial charge in [-0.3, -0.25) is 4.79 Å². The first-order valence-corrected chi connectivity index (χ1v) is 8.67. The van der Waals surface area contributed by atoms with Gasteiger partial charge in [-0.25, -0.2) is 0 Å². The Bertz CT molecular complexity index is 689. The Morgan fingerprint density at radius 2 is 1.78 bits per heavy atom. The first kappa shape index (κ1) is 17.5. The van der Waals surface area contributed by atoms with Gasteiger partial charge in [-0.2, -0.15) is 11.8 Å². The van der Waals surface area contributed by atoms with Crippen molar-refractivity contribution in [3.8, 4) is 11.5 Å². The summed E-state index contributed by atoms with van der Waals surface area (Å²) in [5, 5.41) is 3.24. The molecule has 0 heterocycles. The Morgan fingerprint density at radius 3 is 2.35 bits per heavy atom. The Hall–Kier alpha value is -1.85. The molecule has 2 aromatic carbocycles. The lowest BCUT2D eigenvalue weighted by atomic mass is 10.1. The standard InChI is InChI=1S/C17H18ClNO3S/c1-21-15-9-14(16(22-2)8-13(15)18)19-17(20)12-6-4-11(5-7-12)10-23-3/h4-9H,10H2,1-3H3,(H,19,20). The monoisotopic (exact) mass is 351 g/mol. The topological polar surface area (TPSA) is 47.6 Å². The zero-order chi connectivity index (χ0) is 16.8. The van der Waals surface area contributed by atoms with E-state index in [0.717, 1.165) is 5.75 Å². The van der Waals surface area contributed by atoms with E-state index in [1.165, 1.54) is 19.8 Å². The third kappa shape index (κ3) is 4.33. The summed E-state index contributed by atoms with van der Waals surface area (Å²) in [5.41, 5.74) is 2.26. The molecule has 2 aromatic rings. The van der Waals surface area contributed by atoms with Crippen LogP contribution in [0.3, 0.4) is 0 Å². The van der Waals surface area contributed by atoms with Gasteiger partial charge in [0.1, 0.15) is 11.5 Å². The Kier molecular flexibility index (Phi) is 6.19. The molecule has 0 fully saturated rings. The molecule has 0 saturated heterocycles. The highest BCUT2D eigenvalue weighted by molar-refractivity contribution is 7.97. The number of nitrogens with one attached hydrogen (secondary N) is 1. The molecule has 0 radical (unpaired) electrons. The highest BCUT2D eigenvalue weighted by Gasteiger charge is 2.13. The van der Waals surface area contributed by atoms with Crippen molar-refractivity contribution in [1.82, 2.24) is 0 Å². The average molecular weight is 352 g/mol.